The van der Waals surface area contributed by atoms with Crippen LogP contribution in [0.3, 0.4) is 0 Å². The summed E-state index contributed by atoms with van der Waals surface area (Å²) >= 11 is 0. The smallest absolute Gasteiger partial charge is 0.190 e. The van der Waals surface area contributed by atoms with E-state index in [2.05, 4.69) is 38.0 Å². The molecule has 0 aliphatic heterocycles. The molecular formula is C17H26N6O. The standard InChI is InChI=1S/C17H26N6O/c1-18-17(19-10-3-4-12-23-13-21-22-14-23)20-11-9-15-5-7-16(24-2)8-6-15/h5-8,13-14H,3-4,9-12H2,1-2H3,(H2,18,19,20). The summed E-state index contributed by atoms with van der Waals surface area (Å²) in [6.07, 6.45) is 6.57. The number of aromatic nitrogens is 3. The Morgan fingerprint density at radius 3 is 2.46 bits per heavy atom. The van der Waals surface area contributed by atoms with Crippen LogP contribution in [0, 0.1) is 0 Å². The molecule has 130 valence electrons. The molecule has 1 aromatic heterocycles. The van der Waals surface area contributed by atoms with Gasteiger partial charge in [0.15, 0.2) is 5.96 Å². The fourth-order valence-corrected chi connectivity index (χ4v) is 2.30. The summed E-state index contributed by atoms with van der Waals surface area (Å²) in [4.78, 5) is 4.24. The van der Waals surface area contributed by atoms with Crippen molar-refractivity contribution in [2.45, 2.75) is 25.8 Å². The first-order chi connectivity index (χ1) is 11.8. The number of nitrogens with one attached hydrogen (secondary N) is 2. The quantitative estimate of drug-likeness (QED) is 0.414. The van der Waals surface area contributed by atoms with E-state index in [9.17, 15) is 0 Å². The number of hydrogen-bond acceptors (Lipinski definition) is 4. The third-order valence-electron chi connectivity index (χ3n) is 3.69. The van der Waals surface area contributed by atoms with Crippen molar-refractivity contribution in [3.8, 4) is 5.75 Å². The minimum atomic E-state index is 0.840. The monoisotopic (exact) mass is 330 g/mol. The molecule has 2 aromatic rings. The maximum atomic E-state index is 5.16. The molecule has 0 amide bonds. The molecule has 0 saturated heterocycles. The van der Waals surface area contributed by atoms with Gasteiger partial charge in [0.1, 0.15) is 18.4 Å². The molecule has 0 spiro atoms. The van der Waals surface area contributed by atoms with E-state index in [0.717, 1.165) is 50.6 Å². The average molecular weight is 330 g/mol. The molecule has 0 radical (unpaired) electrons. The number of aliphatic imine (C=N–C) groups is 1. The topological polar surface area (TPSA) is 76.4 Å². The van der Waals surface area contributed by atoms with Gasteiger partial charge >= 0.3 is 0 Å². The number of nitrogens with zero attached hydrogens (tertiary/aromatic N) is 4. The minimum Gasteiger partial charge on any atom is -0.497 e. The highest BCUT2D eigenvalue weighted by Gasteiger charge is 1.99. The summed E-state index contributed by atoms with van der Waals surface area (Å²) in [5, 5.41) is 14.3. The largest absolute Gasteiger partial charge is 0.497 e. The zero-order chi connectivity index (χ0) is 17.0. The lowest BCUT2D eigenvalue weighted by molar-refractivity contribution is 0.414. The van der Waals surface area contributed by atoms with Crippen molar-refractivity contribution in [1.29, 1.82) is 0 Å². The van der Waals surface area contributed by atoms with E-state index in [1.807, 2.05) is 16.7 Å². The molecule has 1 aromatic carbocycles. The molecule has 0 aliphatic rings. The van der Waals surface area contributed by atoms with Crippen LogP contribution in [-0.2, 0) is 13.0 Å². The van der Waals surface area contributed by atoms with Gasteiger partial charge in [0.05, 0.1) is 7.11 Å². The van der Waals surface area contributed by atoms with Gasteiger partial charge in [-0.1, -0.05) is 12.1 Å². The van der Waals surface area contributed by atoms with Gasteiger partial charge in [0.2, 0.25) is 0 Å². The van der Waals surface area contributed by atoms with E-state index in [4.69, 9.17) is 4.74 Å². The van der Waals surface area contributed by atoms with Crippen LogP contribution in [0.4, 0.5) is 0 Å². The van der Waals surface area contributed by atoms with Gasteiger partial charge in [0.25, 0.3) is 0 Å². The lowest BCUT2D eigenvalue weighted by Gasteiger charge is -2.12. The van der Waals surface area contributed by atoms with Crippen LogP contribution in [0.2, 0.25) is 0 Å². The number of rotatable bonds is 9. The van der Waals surface area contributed by atoms with E-state index in [1.165, 1.54) is 5.56 Å². The number of guanidine groups is 1. The first-order valence-corrected chi connectivity index (χ1v) is 8.21. The highest BCUT2D eigenvalue weighted by molar-refractivity contribution is 5.79. The number of unbranched alkanes of at least 4 members (excludes halogenated alkanes) is 1. The second-order valence-corrected chi connectivity index (χ2v) is 5.43. The molecule has 2 N–H and O–H groups in total. The second kappa shape index (κ2) is 10.3. The molecule has 1 heterocycles. The van der Waals surface area contributed by atoms with Crippen molar-refractivity contribution >= 4 is 5.96 Å². The summed E-state index contributed by atoms with van der Waals surface area (Å²) in [7, 11) is 3.47. The average Bonchev–Trinajstić information content (AvgIpc) is 3.14. The van der Waals surface area contributed by atoms with Crippen molar-refractivity contribution in [1.82, 2.24) is 25.4 Å². The lowest BCUT2D eigenvalue weighted by Crippen LogP contribution is -2.38. The second-order valence-electron chi connectivity index (χ2n) is 5.43. The molecule has 7 nitrogen and oxygen atoms in total. The third-order valence-corrected chi connectivity index (χ3v) is 3.69. The Labute approximate surface area is 143 Å². The first-order valence-electron chi connectivity index (χ1n) is 8.21. The van der Waals surface area contributed by atoms with Crippen LogP contribution in [0.5, 0.6) is 5.75 Å². The van der Waals surface area contributed by atoms with Crippen molar-refractivity contribution < 1.29 is 4.74 Å². The molecule has 24 heavy (non-hydrogen) atoms. The Kier molecular flexibility index (Phi) is 7.59. The van der Waals surface area contributed by atoms with Gasteiger partial charge < -0.3 is 19.9 Å². The van der Waals surface area contributed by atoms with E-state index in [1.54, 1.807) is 26.8 Å². The van der Waals surface area contributed by atoms with Gasteiger partial charge in [-0.05, 0) is 37.0 Å². The van der Waals surface area contributed by atoms with Crippen molar-refractivity contribution in [2.75, 3.05) is 27.2 Å². The number of hydrogen-bond donors (Lipinski definition) is 2. The Bertz CT molecular complexity index is 594. The summed E-state index contributed by atoms with van der Waals surface area (Å²) in [5.41, 5.74) is 1.27. The zero-order valence-electron chi connectivity index (χ0n) is 14.4. The zero-order valence-corrected chi connectivity index (χ0v) is 14.4. The predicted octanol–water partition coefficient (Wildman–Crippen LogP) is 1.47. The molecule has 0 aliphatic carbocycles. The number of ether oxygens (including phenoxy) is 1. The molecule has 2 rings (SSSR count). The van der Waals surface area contributed by atoms with Crippen molar-refractivity contribution in [2.24, 2.45) is 4.99 Å². The lowest BCUT2D eigenvalue weighted by atomic mass is 10.1. The molecule has 0 atom stereocenters. The molecule has 0 unspecified atom stereocenters. The van der Waals surface area contributed by atoms with Gasteiger partial charge in [-0.25, -0.2) is 0 Å². The number of benzene rings is 1. The van der Waals surface area contributed by atoms with Crippen LogP contribution >= 0.6 is 0 Å². The van der Waals surface area contributed by atoms with Crippen LogP contribution in [0.15, 0.2) is 41.9 Å². The first kappa shape index (κ1) is 17.8. The van der Waals surface area contributed by atoms with Gasteiger partial charge in [-0.2, -0.15) is 0 Å². The maximum Gasteiger partial charge on any atom is 0.190 e. The SMILES string of the molecule is CN=C(NCCCCn1cnnc1)NCCc1ccc(OC)cc1. The van der Waals surface area contributed by atoms with Gasteiger partial charge in [-0.15, -0.1) is 10.2 Å². The number of methoxy groups -OCH3 is 1. The summed E-state index contributed by atoms with van der Waals surface area (Å²) in [5.74, 6) is 1.73. The Balaban J connectivity index is 1.58. The minimum absolute atomic E-state index is 0.840. The van der Waals surface area contributed by atoms with Crippen LogP contribution in [0.25, 0.3) is 0 Å². The van der Waals surface area contributed by atoms with Gasteiger partial charge in [0, 0.05) is 26.7 Å². The van der Waals surface area contributed by atoms with E-state index in [0.29, 0.717) is 0 Å². The normalized spacial score (nSPS) is 11.3. The highest BCUT2D eigenvalue weighted by Crippen LogP contribution is 2.11. The number of aryl methyl sites for hydroxylation is 1. The molecule has 7 heteroatoms. The van der Waals surface area contributed by atoms with Crippen LogP contribution in [-0.4, -0.2) is 48.0 Å². The Morgan fingerprint density at radius 1 is 1.08 bits per heavy atom. The van der Waals surface area contributed by atoms with Crippen LogP contribution in [0.1, 0.15) is 18.4 Å². The Hall–Kier alpha value is -2.57. The highest BCUT2D eigenvalue weighted by atomic mass is 16.5. The fourth-order valence-electron chi connectivity index (χ4n) is 2.30. The van der Waals surface area contributed by atoms with E-state index in [-0.39, 0.29) is 0 Å². The molecular weight excluding hydrogens is 304 g/mol. The maximum absolute atomic E-state index is 5.16. The summed E-state index contributed by atoms with van der Waals surface area (Å²) in [6.45, 7) is 2.68. The van der Waals surface area contributed by atoms with E-state index >= 15 is 0 Å². The summed E-state index contributed by atoms with van der Waals surface area (Å²) < 4.78 is 7.15. The molecule has 0 saturated carbocycles. The van der Waals surface area contributed by atoms with Gasteiger partial charge in [-0.3, -0.25) is 4.99 Å². The molecule has 0 fully saturated rings. The van der Waals surface area contributed by atoms with Crippen molar-refractivity contribution in [3.05, 3.63) is 42.5 Å². The fraction of sp³-hybridized carbons (Fsp3) is 0.471. The van der Waals surface area contributed by atoms with E-state index < -0.39 is 0 Å². The predicted molar refractivity (Wildman–Crippen MR) is 95.3 cm³/mol. The molecule has 0 bridgehead atoms. The van der Waals surface area contributed by atoms with Crippen LogP contribution < -0.4 is 15.4 Å². The van der Waals surface area contributed by atoms with Crippen molar-refractivity contribution in [3.63, 3.8) is 0 Å². The summed E-state index contributed by atoms with van der Waals surface area (Å²) in [6, 6.07) is 8.14. The third kappa shape index (κ3) is 6.28. The Morgan fingerprint density at radius 2 is 1.79 bits per heavy atom.